The number of ether oxygens (including phenoxy) is 1. The average molecular weight is 530 g/mol. The third kappa shape index (κ3) is 5.44. The van der Waals surface area contributed by atoms with E-state index in [9.17, 15) is 22.4 Å². The number of rotatable bonds is 10. The molecule has 0 aromatic heterocycles. The van der Waals surface area contributed by atoms with Crippen LogP contribution in [0.1, 0.15) is 77.3 Å². The molecule has 200 valence electrons. The first-order valence-electron chi connectivity index (χ1n) is 13.0. The number of hydrogen-bond acceptors (Lipinski definition) is 5. The second kappa shape index (κ2) is 10.2. The molecule has 2 aliphatic rings. The van der Waals surface area contributed by atoms with Gasteiger partial charge in [-0.3, -0.25) is 9.52 Å². The van der Waals surface area contributed by atoms with Crippen LogP contribution in [0.4, 0.5) is 4.39 Å². The van der Waals surface area contributed by atoms with Crippen LogP contribution in [-0.4, -0.2) is 31.5 Å². The van der Waals surface area contributed by atoms with Gasteiger partial charge in [-0.05, 0) is 100 Å². The third-order valence-corrected chi connectivity index (χ3v) is 10.2. The van der Waals surface area contributed by atoms with Crippen LogP contribution in [0.3, 0.4) is 0 Å². The number of amides is 1. The van der Waals surface area contributed by atoms with Crippen LogP contribution in [0.2, 0.25) is 0 Å². The Morgan fingerprint density at radius 2 is 1.92 bits per heavy atom. The number of carbonyl (C=O) groups is 2. The van der Waals surface area contributed by atoms with E-state index in [1.165, 1.54) is 6.07 Å². The van der Waals surface area contributed by atoms with Crippen molar-refractivity contribution in [2.75, 3.05) is 0 Å². The summed E-state index contributed by atoms with van der Waals surface area (Å²) in [5.41, 5.74) is 1.30. The molecule has 2 fully saturated rings. The smallest absolute Gasteiger partial charge is 0.243 e. The van der Waals surface area contributed by atoms with E-state index >= 15 is 0 Å². The summed E-state index contributed by atoms with van der Waals surface area (Å²) in [6, 6.07) is 10.3. The molecule has 0 unspecified atom stereocenters. The highest BCUT2D eigenvalue weighted by Gasteiger charge is 2.51. The highest BCUT2D eigenvalue weighted by atomic mass is 32.2. The second-order valence-corrected chi connectivity index (χ2v) is 13.4. The summed E-state index contributed by atoms with van der Waals surface area (Å²) < 4.78 is 48.0. The summed E-state index contributed by atoms with van der Waals surface area (Å²) in [6.45, 7) is 6.88. The molecule has 0 radical (unpaired) electrons. The Morgan fingerprint density at radius 1 is 1.19 bits per heavy atom. The predicted octanol–water partition coefficient (Wildman–Crippen LogP) is 5.47. The lowest BCUT2D eigenvalue weighted by Gasteiger charge is -2.27. The fourth-order valence-electron chi connectivity index (χ4n) is 5.02. The average Bonchev–Trinajstić information content (AvgIpc) is 3.47. The number of benzene rings is 2. The van der Waals surface area contributed by atoms with Gasteiger partial charge in [0.2, 0.25) is 15.9 Å². The van der Waals surface area contributed by atoms with Crippen LogP contribution >= 0.6 is 0 Å². The van der Waals surface area contributed by atoms with Crippen LogP contribution in [0.25, 0.3) is 11.1 Å². The van der Waals surface area contributed by atoms with Crippen LogP contribution in [-0.2, 0) is 31.4 Å². The van der Waals surface area contributed by atoms with Crippen molar-refractivity contribution in [2.45, 2.75) is 88.9 Å². The minimum atomic E-state index is -3.79. The van der Waals surface area contributed by atoms with Gasteiger partial charge >= 0.3 is 0 Å². The topological polar surface area (TPSA) is 89.5 Å². The second-order valence-electron chi connectivity index (χ2n) is 11.2. The van der Waals surface area contributed by atoms with Gasteiger partial charge in [0.05, 0.1) is 16.3 Å². The first-order valence-corrected chi connectivity index (χ1v) is 14.5. The molecule has 0 heterocycles. The monoisotopic (exact) mass is 529 g/mol. The van der Waals surface area contributed by atoms with Gasteiger partial charge < -0.3 is 9.53 Å². The van der Waals surface area contributed by atoms with E-state index in [4.69, 9.17) is 4.74 Å². The zero-order valence-electron chi connectivity index (χ0n) is 22.0. The Labute approximate surface area is 219 Å². The largest absolute Gasteiger partial charge is 0.490 e. The molecule has 2 aliphatic carbocycles. The van der Waals surface area contributed by atoms with Crippen molar-refractivity contribution in [3.05, 3.63) is 53.3 Å². The third-order valence-electron chi connectivity index (χ3n) is 8.08. The molecule has 4 rings (SSSR count). The maximum absolute atomic E-state index is 14.8. The maximum atomic E-state index is 14.8. The van der Waals surface area contributed by atoms with Crippen molar-refractivity contribution in [1.82, 2.24) is 4.72 Å². The molecule has 2 aromatic carbocycles. The van der Waals surface area contributed by atoms with Gasteiger partial charge in [-0.1, -0.05) is 25.1 Å². The van der Waals surface area contributed by atoms with Crippen molar-refractivity contribution in [1.29, 1.82) is 0 Å². The van der Waals surface area contributed by atoms with Gasteiger partial charge in [0, 0.05) is 12.0 Å². The number of hydrogen-bond donors (Lipinski definition) is 1. The molecule has 6 nitrogen and oxygen atoms in total. The van der Waals surface area contributed by atoms with E-state index in [0.29, 0.717) is 59.6 Å². The lowest BCUT2D eigenvalue weighted by molar-refractivity contribution is -0.123. The molecule has 0 saturated heterocycles. The lowest BCUT2D eigenvalue weighted by atomic mass is 9.82. The zero-order valence-corrected chi connectivity index (χ0v) is 22.8. The van der Waals surface area contributed by atoms with E-state index in [1.807, 2.05) is 19.1 Å². The Morgan fingerprint density at radius 3 is 2.57 bits per heavy atom. The van der Waals surface area contributed by atoms with Crippen molar-refractivity contribution < 1.29 is 27.1 Å². The summed E-state index contributed by atoms with van der Waals surface area (Å²) in [6.07, 6.45) is 5.44. The minimum absolute atomic E-state index is 0.0612. The van der Waals surface area contributed by atoms with Crippen molar-refractivity contribution >= 4 is 22.2 Å². The highest BCUT2D eigenvalue weighted by Crippen LogP contribution is 2.43. The summed E-state index contributed by atoms with van der Waals surface area (Å²) in [4.78, 5) is 24.2. The molecule has 37 heavy (non-hydrogen) atoms. The molecule has 2 saturated carbocycles. The lowest BCUT2D eigenvalue weighted by Crippen LogP contribution is -2.46. The summed E-state index contributed by atoms with van der Waals surface area (Å²) >= 11 is 0. The first-order chi connectivity index (χ1) is 17.4. The Hall–Kier alpha value is -2.74. The number of aldehydes is 1. The van der Waals surface area contributed by atoms with Crippen molar-refractivity contribution in [3.8, 4) is 16.9 Å². The van der Waals surface area contributed by atoms with Gasteiger partial charge in [-0.25, -0.2) is 12.8 Å². The van der Waals surface area contributed by atoms with E-state index in [1.54, 1.807) is 39.0 Å². The van der Waals surface area contributed by atoms with Crippen LogP contribution < -0.4 is 9.46 Å². The van der Waals surface area contributed by atoms with Gasteiger partial charge in [-0.2, -0.15) is 0 Å². The molecule has 8 heteroatoms. The maximum Gasteiger partial charge on any atom is 0.243 e. The molecule has 2 aromatic rings. The summed E-state index contributed by atoms with van der Waals surface area (Å²) in [5, 5.41) is 0. The van der Waals surface area contributed by atoms with Crippen molar-refractivity contribution in [3.63, 3.8) is 0 Å². The first kappa shape index (κ1) is 27.3. The molecule has 0 spiro atoms. The van der Waals surface area contributed by atoms with Crippen LogP contribution in [0.15, 0.2) is 36.4 Å². The quantitative estimate of drug-likeness (QED) is 0.413. The van der Waals surface area contributed by atoms with Crippen LogP contribution in [0.5, 0.6) is 5.75 Å². The predicted molar refractivity (Wildman–Crippen MR) is 141 cm³/mol. The van der Waals surface area contributed by atoms with Gasteiger partial charge in [0.25, 0.3) is 0 Å². The summed E-state index contributed by atoms with van der Waals surface area (Å²) in [7, 11) is -3.79. The highest BCUT2D eigenvalue weighted by molar-refractivity contribution is 7.91. The molecular weight excluding hydrogens is 493 g/mol. The number of halogens is 1. The van der Waals surface area contributed by atoms with Gasteiger partial charge in [-0.15, -0.1) is 0 Å². The molecule has 0 aliphatic heterocycles. The Kier molecular flexibility index (Phi) is 7.52. The normalized spacial score (nSPS) is 20.9. The molecule has 2 atom stereocenters. The van der Waals surface area contributed by atoms with Crippen LogP contribution in [0, 0.1) is 11.7 Å². The van der Waals surface area contributed by atoms with E-state index < -0.39 is 26.1 Å². The Balaban J connectivity index is 1.71. The Bertz CT molecular complexity index is 1300. The number of nitrogens with one attached hydrogen (secondary N) is 1. The molecule has 1 amide bonds. The SMILES string of the molecule is CCc1c(F)cccc1-c1cc(C(C)(C)C(=O)NS(=O)(=O)C2(C)CC2)ccc1O[C@@H]1CC[C@@H](CC=O)C1. The van der Waals surface area contributed by atoms with E-state index in [-0.39, 0.29) is 11.9 Å². The fraction of sp³-hybridized carbons (Fsp3) is 0.517. The standard InChI is InChI=1S/C29H36FNO5S/c1-5-22-23(7-6-8-25(22)30)24-18-20(10-12-26(24)36-21-11-9-19(17-21)13-16-32)28(2,3)27(33)31-37(34,35)29(4)14-15-29/h6-8,10,12,16,18-19,21H,5,9,11,13-15,17H2,1-4H3,(H,31,33)/t19-,21+/m0/s1. The van der Waals surface area contributed by atoms with Gasteiger partial charge in [0.15, 0.2) is 0 Å². The van der Waals surface area contributed by atoms with Crippen molar-refractivity contribution in [2.24, 2.45) is 5.92 Å². The molecular formula is C29H36FNO5S. The summed E-state index contributed by atoms with van der Waals surface area (Å²) in [5.74, 6) is -0.0506. The molecule has 0 bridgehead atoms. The number of sulfonamides is 1. The van der Waals surface area contributed by atoms with E-state index in [2.05, 4.69) is 4.72 Å². The zero-order chi connectivity index (χ0) is 27.0. The minimum Gasteiger partial charge on any atom is -0.490 e. The molecule has 1 N–H and O–H groups in total. The van der Waals surface area contributed by atoms with E-state index in [0.717, 1.165) is 25.5 Å². The number of carbonyl (C=O) groups excluding carboxylic acids is 2. The van der Waals surface area contributed by atoms with Gasteiger partial charge in [0.1, 0.15) is 17.9 Å². The fourth-order valence-corrected chi connectivity index (χ4v) is 6.40.